The van der Waals surface area contributed by atoms with Crippen molar-refractivity contribution in [3.63, 3.8) is 0 Å². The van der Waals surface area contributed by atoms with Gasteiger partial charge < -0.3 is 4.74 Å². The molecular formula is C26H19Cl2NO5. The molecule has 0 fully saturated rings. The number of ether oxygens (including phenoxy) is 1. The van der Waals surface area contributed by atoms with Crippen molar-refractivity contribution >= 4 is 52.5 Å². The molecule has 0 atom stereocenters. The minimum absolute atomic E-state index is 0.0982. The standard InChI is InChI=1S/C26H19Cl2NO5/c1-13-4-6-16(8-15(13)3)23(30)12-34-26(33)17-7-5-14(2)22(9-17)29-24(31)18-10-20(27)21(28)11-19(18)25(29)32/h4-11H,12H2,1-3H3. The SMILES string of the molecule is Cc1ccc(C(=O)COC(=O)c2ccc(C)c(N3C(=O)c4cc(Cl)c(Cl)cc4C3=O)c2)cc1C. The molecule has 1 aliphatic heterocycles. The number of imide groups is 1. The Kier molecular flexibility index (Phi) is 6.30. The van der Waals surface area contributed by atoms with E-state index in [1.807, 2.05) is 19.9 Å². The molecule has 0 saturated heterocycles. The summed E-state index contributed by atoms with van der Waals surface area (Å²) in [5, 5.41) is 0.316. The Morgan fingerprint density at radius 3 is 1.91 bits per heavy atom. The summed E-state index contributed by atoms with van der Waals surface area (Å²) in [4.78, 5) is 52.0. The fraction of sp³-hybridized carbons (Fsp3) is 0.154. The summed E-state index contributed by atoms with van der Waals surface area (Å²) in [6, 6.07) is 12.5. The van der Waals surface area contributed by atoms with Gasteiger partial charge in [-0.3, -0.25) is 14.4 Å². The highest BCUT2D eigenvalue weighted by atomic mass is 35.5. The van der Waals surface area contributed by atoms with Gasteiger partial charge in [0.05, 0.1) is 32.4 Å². The van der Waals surface area contributed by atoms with Crippen LogP contribution in [-0.2, 0) is 4.74 Å². The van der Waals surface area contributed by atoms with Gasteiger partial charge in [0.25, 0.3) is 11.8 Å². The first-order valence-electron chi connectivity index (χ1n) is 10.3. The van der Waals surface area contributed by atoms with Crippen molar-refractivity contribution in [2.75, 3.05) is 11.5 Å². The first-order chi connectivity index (χ1) is 16.1. The first-order valence-corrected chi connectivity index (χ1v) is 11.1. The maximum absolute atomic E-state index is 13.0. The summed E-state index contributed by atoms with van der Waals surface area (Å²) in [5.41, 5.74) is 3.65. The lowest BCUT2D eigenvalue weighted by atomic mass is 10.0. The van der Waals surface area contributed by atoms with E-state index in [0.717, 1.165) is 16.0 Å². The van der Waals surface area contributed by atoms with Gasteiger partial charge in [-0.05, 0) is 67.8 Å². The zero-order valence-corrected chi connectivity index (χ0v) is 20.1. The number of nitrogens with zero attached hydrogens (tertiary/aromatic N) is 1. The number of fused-ring (bicyclic) bond motifs is 1. The minimum Gasteiger partial charge on any atom is -0.454 e. The van der Waals surface area contributed by atoms with Crippen molar-refractivity contribution in [2.45, 2.75) is 20.8 Å². The second-order valence-electron chi connectivity index (χ2n) is 8.06. The maximum Gasteiger partial charge on any atom is 0.338 e. The molecule has 8 heteroatoms. The Hall–Kier alpha value is -3.48. The van der Waals surface area contributed by atoms with Gasteiger partial charge >= 0.3 is 5.97 Å². The van der Waals surface area contributed by atoms with E-state index in [-0.39, 0.29) is 38.2 Å². The molecule has 0 aliphatic carbocycles. The Labute approximate surface area is 206 Å². The maximum atomic E-state index is 13.0. The van der Waals surface area contributed by atoms with Gasteiger partial charge in [0.2, 0.25) is 0 Å². The van der Waals surface area contributed by atoms with Crippen LogP contribution in [0.15, 0.2) is 48.5 Å². The van der Waals surface area contributed by atoms with Gasteiger partial charge in [-0.25, -0.2) is 9.69 Å². The number of anilines is 1. The van der Waals surface area contributed by atoms with E-state index in [9.17, 15) is 19.2 Å². The predicted molar refractivity (Wildman–Crippen MR) is 129 cm³/mol. The van der Waals surface area contributed by atoms with Gasteiger partial charge in [-0.1, -0.05) is 41.4 Å². The van der Waals surface area contributed by atoms with Crippen LogP contribution in [0.1, 0.15) is 58.1 Å². The Morgan fingerprint density at radius 2 is 1.32 bits per heavy atom. The molecule has 0 radical (unpaired) electrons. The number of esters is 1. The van der Waals surface area contributed by atoms with Gasteiger partial charge in [0.15, 0.2) is 12.4 Å². The lowest BCUT2D eigenvalue weighted by Gasteiger charge is -2.17. The number of hydrogen-bond donors (Lipinski definition) is 0. The molecule has 1 aliphatic rings. The normalized spacial score (nSPS) is 12.7. The number of carbonyl (C=O) groups is 4. The van der Waals surface area contributed by atoms with Crippen LogP contribution in [0.5, 0.6) is 0 Å². The Morgan fingerprint density at radius 1 is 0.765 bits per heavy atom. The quantitative estimate of drug-likeness (QED) is 0.255. The third-order valence-electron chi connectivity index (χ3n) is 5.78. The van der Waals surface area contributed by atoms with E-state index >= 15 is 0 Å². The molecule has 0 spiro atoms. The largest absolute Gasteiger partial charge is 0.454 e. The van der Waals surface area contributed by atoms with Crippen molar-refractivity contribution in [1.82, 2.24) is 0 Å². The van der Waals surface area contributed by atoms with Crippen molar-refractivity contribution < 1.29 is 23.9 Å². The summed E-state index contributed by atoms with van der Waals surface area (Å²) >= 11 is 12.0. The fourth-order valence-corrected chi connectivity index (χ4v) is 3.97. The number of hydrogen-bond acceptors (Lipinski definition) is 5. The summed E-state index contributed by atoms with van der Waals surface area (Å²) in [6.07, 6.45) is 0. The monoisotopic (exact) mass is 495 g/mol. The van der Waals surface area contributed by atoms with E-state index < -0.39 is 24.4 Å². The molecule has 4 rings (SSSR count). The van der Waals surface area contributed by atoms with Crippen molar-refractivity contribution in [2.24, 2.45) is 0 Å². The van der Waals surface area contributed by atoms with Crippen LogP contribution < -0.4 is 4.90 Å². The van der Waals surface area contributed by atoms with E-state index in [4.69, 9.17) is 27.9 Å². The topological polar surface area (TPSA) is 80.8 Å². The molecule has 0 unspecified atom stereocenters. The van der Waals surface area contributed by atoms with Crippen molar-refractivity contribution in [1.29, 1.82) is 0 Å². The lowest BCUT2D eigenvalue weighted by molar-refractivity contribution is 0.0474. The first kappa shape index (κ1) is 23.7. The van der Waals surface area contributed by atoms with Crippen LogP contribution in [0.3, 0.4) is 0 Å². The van der Waals surface area contributed by atoms with E-state index in [1.165, 1.54) is 24.3 Å². The fourth-order valence-electron chi connectivity index (χ4n) is 3.64. The third kappa shape index (κ3) is 4.22. The average molecular weight is 496 g/mol. The number of Topliss-reactive ketones (excluding diaryl/α,β-unsaturated/α-hetero) is 1. The molecule has 1 heterocycles. The van der Waals surface area contributed by atoms with Crippen LogP contribution in [0.25, 0.3) is 0 Å². The molecular weight excluding hydrogens is 477 g/mol. The lowest BCUT2D eigenvalue weighted by Crippen LogP contribution is -2.30. The molecule has 0 N–H and O–H groups in total. The van der Waals surface area contributed by atoms with E-state index in [1.54, 1.807) is 25.1 Å². The number of amides is 2. The smallest absolute Gasteiger partial charge is 0.338 e. The molecule has 3 aromatic carbocycles. The number of benzene rings is 3. The summed E-state index contributed by atoms with van der Waals surface area (Å²) in [6.45, 7) is 5.11. The zero-order chi connectivity index (χ0) is 24.7. The summed E-state index contributed by atoms with van der Waals surface area (Å²) in [7, 11) is 0. The molecule has 34 heavy (non-hydrogen) atoms. The number of aryl methyl sites for hydroxylation is 3. The Bertz CT molecular complexity index is 1360. The van der Waals surface area contributed by atoms with Crippen LogP contribution >= 0.6 is 23.2 Å². The Balaban J connectivity index is 1.56. The summed E-state index contributed by atoms with van der Waals surface area (Å²) < 4.78 is 5.21. The second-order valence-corrected chi connectivity index (χ2v) is 8.87. The van der Waals surface area contributed by atoms with E-state index in [0.29, 0.717) is 11.1 Å². The highest BCUT2D eigenvalue weighted by Gasteiger charge is 2.38. The highest BCUT2D eigenvalue weighted by Crippen LogP contribution is 2.35. The van der Waals surface area contributed by atoms with Crippen LogP contribution in [0.4, 0.5) is 5.69 Å². The minimum atomic E-state index is -0.749. The van der Waals surface area contributed by atoms with E-state index in [2.05, 4.69) is 0 Å². The molecule has 0 saturated carbocycles. The highest BCUT2D eigenvalue weighted by molar-refractivity contribution is 6.44. The molecule has 0 bridgehead atoms. The van der Waals surface area contributed by atoms with Gasteiger partial charge in [-0.15, -0.1) is 0 Å². The van der Waals surface area contributed by atoms with Crippen LogP contribution in [0, 0.1) is 20.8 Å². The number of ketones is 1. The molecule has 0 aromatic heterocycles. The van der Waals surface area contributed by atoms with Crippen molar-refractivity contribution in [3.05, 3.63) is 97.5 Å². The second kappa shape index (κ2) is 9.05. The molecule has 3 aromatic rings. The van der Waals surface area contributed by atoms with Crippen molar-refractivity contribution in [3.8, 4) is 0 Å². The molecule has 6 nitrogen and oxygen atoms in total. The number of carbonyl (C=O) groups excluding carboxylic acids is 4. The zero-order valence-electron chi connectivity index (χ0n) is 18.6. The molecule has 2 amide bonds. The van der Waals surface area contributed by atoms with Crippen LogP contribution in [0.2, 0.25) is 10.0 Å². The van der Waals surface area contributed by atoms with Gasteiger partial charge in [-0.2, -0.15) is 0 Å². The third-order valence-corrected chi connectivity index (χ3v) is 6.50. The van der Waals surface area contributed by atoms with Gasteiger partial charge in [0.1, 0.15) is 0 Å². The van der Waals surface area contributed by atoms with Gasteiger partial charge in [0, 0.05) is 5.56 Å². The number of halogens is 2. The summed E-state index contributed by atoms with van der Waals surface area (Å²) in [5.74, 6) is -2.23. The predicted octanol–water partition coefficient (Wildman–Crippen LogP) is 5.76. The molecule has 172 valence electrons. The number of rotatable bonds is 5. The average Bonchev–Trinajstić information content (AvgIpc) is 3.03. The van der Waals surface area contributed by atoms with Crippen LogP contribution in [-0.4, -0.2) is 30.2 Å².